The second-order valence-corrected chi connectivity index (χ2v) is 5.58. The van der Waals surface area contributed by atoms with Gasteiger partial charge in [0, 0.05) is 23.0 Å². The molecule has 1 heterocycles. The van der Waals surface area contributed by atoms with Crippen molar-refractivity contribution in [2.45, 2.75) is 13.0 Å². The SMILES string of the molecule is O=C(CCn1c(=O)oc2ccccc21)c1ccc(Br)cc1. The number of aromatic nitrogens is 1. The van der Waals surface area contributed by atoms with E-state index in [1.807, 2.05) is 30.3 Å². The Morgan fingerprint density at radius 1 is 1.10 bits per heavy atom. The van der Waals surface area contributed by atoms with Gasteiger partial charge in [0.15, 0.2) is 11.4 Å². The number of para-hydroxylation sites is 2. The van der Waals surface area contributed by atoms with Crippen molar-refractivity contribution in [1.29, 1.82) is 0 Å². The average Bonchev–Trinajstić information content (AvgIpc) is 2.81. The van der Waals surface area contributed by atoms with Gasteiger partial charge >= 0.3 is 5.76 Å². The van der Waals surface area contributed by atoms with Gasteiger partial charge in [-0.05, 0) is 24.3 Å². The molecule has 2 aromatic carbocycles. The highest BCUT2D eigenvalue weighted by molar-refractivity contribution is 9.10. The van der Waals surface area contributed by atoms with Gasteiger partial charge in [0.2, 0.25) is 0 Å². The van der Waals surface area contributed by atoms with Crippen LogP contribution in [-0.2, 0) is 6.54 Å². The summed E-state index contributed by atoms with van der Waals surface area (Å²) in [6, 6.07) is 14.4. The molecule has 106 valence electrons. The maximum absolute atomic E-state index is 12.1. The number of aryl methyl sites for hydroxylation is 1. The zero-order valence-electron chi connectivity index (χ0n) is 11.1. The van der Waals surface area contributed by atoms with E-state index in [2.05, 4.69) is 15.9 Å². The van der Waals surface area contributed by atoms with Crippen molar-refractivity contribution in [2.75, 3.05) is 0 Å². The van der Waals surface area contributed by atoms with E-state index in [1.54, 1.807) is 18.2 Å². The molecule has 3 aromatic rings. The number of halogens is 1. The molecule has 0 aliphatic carbocycles. The molecule has 0 bridgehead atoms. The van der Waals surface area contributed by atoms with Crippen molar-refractivity contribution >= 4 is 32.8 Å². The number of nitrogens with zero attached hydrogens (tertiary/aromatic N) is 1. The largest absolute Gasteiger partial charge is 0.419 e. The van der Waals surface area contributed by atoms with E-state index >= 15 is 0 Å². The molecule has 0 aliphatic heterocycles. The normalized spacial score (nSPS) is 10.9. The first kappa shape index (κ1) is 13.8. The van der Waals surface area contributed by atoms with Crippen molar-refractivity contribution in [3.8, 4) is 0 Å². The maximum Gasteiger partial charge on any atom is 0.419 e. The quantitative estimate of drug-likeness (QED) is 0.678. The summed E-state index contributed by atoms with van der Waals surface area (Å²) in [4.78, 5) is 23.9. The van der Waals surface area contributed by atoms with Crippen LogP contribution in [0.5, 0.6) is 0 Å². The molecule has 0 amide bonds. The molecular formula is C16H12BrNO3. The minimum Gasteiger partial charge on any atom is -0.408 e. The van der Waals surface area contributed by atoms with Crippen LogP contribution in [0.15, 0.2) is 62.2 Å². The van der Waals surface area contributed by atoms with E-state index in [0.29, 0.717) is 23.2 Å². The third-order valence-electron chi connectivity index (χ3n) is 3.30. The minimum atomic E-state index is -0.431. The van der Waals surface area contributed by atoms with Gasteiger partial charge < -0.3 is 4.42 Å². The highest BCUT2D eigenvalue weighted by Crippen LogP contribution is 2.14. The Morgan fingerprint density at radius 3 is 2.57 bits per heavy atom. The number of fused-ring (bicyclic) bond motifs is 1. The Kier molecular flexibility index (Phi) is 3.75. The number of carbonyl (C=O) groups is 1. The standard InChI is InChI=1S/C16H12BrNO3/c17-12-7-5-11(6-8-12)14(19)9-10-18-13-3-1-2-4-15(13)21-16(18)20/h1-8H,9-10H2. The fourth-order valence-electron chi connectivity index (χ4n) is 2.22. The van der Waals surface area contributed by atoms with Crippen molar-refractivity contribution in [2.24, 2.45) is 0 Å². The maximum atomic E-state index is 12.1. The predicted molar refractivity (Wildman–Crippen MR) is 83.6 cm³/mol. The van der Waals surface area contributed by atoms with Gasteiger partial charge in [-0.15, -0.1) is 0 Å². The Hall–Kier alpha value is -2.14. The number of hydrogen-bond acceptors (Lipinski definition) is 3. The number of ketones is 1. The van der Waals surface area contributed by atoms with Crippen LogP contribution in [0, 0.1) is 0 Å². The van der Waals surface area contributed by atoms with E-state index in [9.17, 15) is 9.59 Å². The van der Waals surface area contributed by atoms with Gasteiger partial charge in [-0.25, -0.2) is 4.79 Å². The fraction of sp³-hybridized carbons (Fsp3) is 0.125. The fourth-order valence-corrected chi connectivity index (χ4v) is 2.48. The Labute approximate surface area is 129 Å². The smallest absolute Gasteiger partial charge is 0.408 e. The van der Waals surface area contributed by atoms with Crippen LogP contribution in [0.3, 0.4) is 0 Å². The first-order valence-corrected chi connectivity index (χ1v) is 7.31. The summed E-state index contributed by atoms with van der Waals surface area (Å²) in [6.07, 6.45) is 0.255. The molecule has 0 aliphatic rings. The summed E-state index contributed by atoms with van der Waals surface area (Å²) >= 11 is 3.33. The highest BCUT2D eigenvalue weighted by Gasteiger charge is 2.11. The molecule has 0 unspecified atom stereocenters. The summed E-state index contributed by atoms with van der Waals surface area (Å²) < 4.78 is 7.56. The Morgan fingerprint density at radius 2 is 1.81 bits per heavy atom. The number of carbonyl (C=O) groups excluding carboxylic acids is 1. The zero-order chi connectivity index (χ0) is 14.8. The highest BCUT2D eigenvalue weighted by atomic mass is 79.9. The molecule has 21 heavy (non-hydrogen) atoms. The second kappa shape index (κ2) is 5.69. The molecule has 0 fully saturated rings. The number of rotatable bonds is 4. The van der Waals surface area contributed by atoms with Crippen LogP contribution in [0.2, 0.25) is 0 Å². The van der Waals surface area contributed by atoms with E-state index < -0.39 is 5.76 Å². The van der Waals surface area contributed by atoms with E-state index in [4.69, 9.17) is 4.42 Å². The van der Waals surface area contributed by atoms with Crippen molar-refractivity contribution in [1.82, 2.24) is 4.57 Å². The monoisotopic (exact) mass is 345 g/mol. The lowest BCUT2D eigenvalue weighted by Gasteiger charge is -2.03. The molecule has 0 saturated heterocycles. The van der Waals surface area contributed by atoms with Crippen LogP contribution >= 0.6 is 15.9 Å². The summed E-state index contributed by atoms with van der Waals surface area (Å²) in [6.45, 7) is 0.310. The molecule has 5 heteroatoms. The van der Waals surface area contributed by atoms with E-state index in [-0.39, 0.29) is 12.2 Å². The van der Waals surface area contributed by atoms with Gasteiger partial charge in [-0.2, -0.15) is 0 Å². The summed E-state index contributed by atoms with van der Waals surface area (Å²) in [5.74, 6) is -0.431. The van der Waals surface area contributed by atoms with Gasteiger partial charge in [-0.1, -0.05) is 40.2 Å². The minimum absolute atomic E-state index is 0.000295. The van der Waals surface area contributed by atoms with Crippen LogP contribution < -0.4 is 5.76 Å². The Balaban J connectivity index is 1.80. The third-order valence-corrected chi connectivity index (χ3v) is 3.83. The number of hydrogen-bond donors (Lipinski definition) is 0. The zero-order valence-corrected chi connectivity index (χ0v) is 12.7. The van der Waals surface area contributed by atoms with Crippen LogP contribution in [0.25, 0.3) is 11.1 Å². The first-order chi connectivity index (χ1) is 10.1. The number of benzene rings is 2. The molecule has 3 rings (SSSR count). The van der Waals surface area contributed by atoms with Gasteiger partial charge in [0.05, 0.1) is 5.52 Å². The Bertz CT molecular complexity index is 846. The molecule has 0 spiro atoms. The number of Topliss-reactive ketones (excluding diaryl/α,β-unsaturated/α-hetero) is 1. The second-order valence-electron chi connectivity index (χ2n) is 4.67. The van der Waals surface area contributed by atoms with Gasteiger partial charge in [0.1, 0.15) is 0 Å². The van der Waals surface area contributed by atoms with Crippen LogP contribution in [0.1, 0.15) is 16.8 Å². The topological polar surface area (TPSA) is 52.2 Å². The van der Waals surface area contributed by atoms with Crippen molar-refractivity contribution < 1.29 is 9.21 Å². The lowest BCUT2D eigenvalue weighted by atomic mass is 10.1. The molecule has 0 radical (unpaired) electrons. The van der Waals surface area contributed by atoms with Gasteiger partial charge in [0.25, 0.3) is 0 Å². The third kappa shape index (κ3) is 2.83. The molecule has 0 N–H and O–H groups in total. The average molecular weight is 346 g/mol. The molecule has 0 saturated carbocycles. The van der Waals surface area contributed by atoms with Crippen molar-refractivity contribution in [3.63, 3.8) is 0 Å². The molecule has 1 aromatic heterocycles. The van der Waals surface area contributed by atoms with Gasteiger partial charge in [-0.3, -0.25) is 9.36 Å². The summed E-state index contributed by atoms with van der Waals surface area (Å²) in [5, 5.41) is 0. The summed E-state index contributed by atoms with van der Waals surface area (Å²) in [7, 11) is 0. The number of oxazole rings is 1. The van der Waals surface area contributed by atoms with Crippen LogP contribution in [0.4, 0.5) is 0 Å². The molecule has 0 atom stereocenters. The molecular weight excluding hydrogens is 334 g/mol. The van der Waals surface area contributed by atoms with Crippen LogP contribution in [-0.4, -0.2) is 10.4 Å². The summed E-state index contributed by atoms with van der Waals surface area (Å²) in [5.41, 5.74) is 1.89. The predicted octanol–water partition coefficient (Wildman–Crippen LogP) is 3.63. The van der Waals surface area contributed by atoms with E-state index in [1.165, 1.54) is 4.57 Å². The van der Waals surface area contributed by atoms with Crippen molar-refractivity contribution in [3.05, 3.63) is 69.1 Å². The first-order valence-electron chi connectivity index (χ1n) is 6.52. The van der Waals surface area contributed by atoms with E-state index in [0.717, 1.165) is 4.47 Å². The lowest BCUT2D eigenvalue weighted by Crippen LogP contribution is -2.16. The lowest BCUT2D eigenvalue weighted by molar-refractivity contribution is 0.0977. The molecule has 4 nitrogen and oxygen atoms in total.